The smallest absolute Gasteiger partial charge is 0.254 e. The predicted octanol–water partition coefficient (Wildman–Crippen LogP) is 5.70. The van der Waals surface area contributed by atoms with Gasteiger partial charge in [0.15, 0.2) is 5.76 Å². The first-order valence-corrected chi connectivity index (χ1v) is 13.7. The molecule has 210 valence electrons. The van der Waals surface area contributed by atoms with Crippen molar-refractivity contribution in [3.05, 3.63) is 125 Å². The quantitative estimate of drug-likeness (QED) is 0.260. The Hall–Kier alpha value is -4.60. The van der Waals surface area contributed by atoms with Crippen LogP contribution in [0.25, 0.3) is 6.08 Å². The van der Waals surface area contributed by atoms with Crippen molar-refractivity contribution >= 4 is 17.8 Å². The summed E-state index contributed by atoms with van der Waals surface area (Å²) in [6.45, 7) is 7.10. The first kappa shape index (κ1) is 29.4. The largest absolute Gasteiger partial charge is 0.487 e. The summed E-state index contributed by atoms with van der Waals surface area (Å²) in [5.41, 5.74) is 0.543. The summed E-state index contributed by atoms with van der Waals surface area (Å²) in [6.07, 6.45) is 2.69. The minimum atomic E-state index is -2.14. The number of hydrogen-bond acceptors (Lipinski definition) is 5. The van der Waals surface area contributed by atoms with E-state index in [0.29, 0.717) is 0 Å². The molecule has 6 nitrogen and oxygen atoms in total. The van der Waals surface area contributed by atoms with Gasteiger partial charge >= 0.3 is 0 Å². The van der Waals surface area contributed by atoms with Crippen LogP contribution in [0.4, 0.5) is 0 Å². The highest BCUT2D eigenvalue weighted by Crippen LogP contribution is 2.38. The van der Waals surface area contributed by atoms with E-state index < -0.39 is 17.4 Å². The molecular formula is C35H35NO5. The van der Waals surface area contributed by atoms with Gasteiger partial charge in [0.25, 0.3) is 11.4 Å². The van der Waals surface area contributed by atoms with Gasteiger partial charge in [0.1, 0.15) is 0 Å². The van der Waals surface area contributed by atoms with Gasteiger partial charge in [-0.15, -0.1) is 0 Å². The van der Waals surface area contributed by atoms with E-state index >= 15 is 0 Å². The van der Waals surface area contributed by atoms with Crippen molar-refractivity contribution in [1.29, 1.82) is 0 Å². The molecule has 3 aromatic carbocycles. The van der Waals surface area contributed by atoms with Gasteiger partial charge in [0.2, 0.25) is 11.7 Å². The zero-order valence-corrected chi connectivity index (χ0v) is 23.8. The Morgan fingerprint density at radius 2 is 1.37 bits per heavy atom. The van der Waals surface area contributed by atoms with Gasteiger partial charge in [0, 0.05) is 6.08 Å². The average molecular weight is 550 g/mol. The summed E-state index contributed by atoms with van der Waals surface area (Å²) >= 11 is 0. The number of carbonyl (C=O) groups is 2. The van der Waals surface area contributed by atoms with Gasteiger partial charge in [-0.3, -0.25) is 9.59 Å². The molecule has 1 unspecified atom stereocenters. The zero-order valence-electron chi connectivity index (χ0n) is 23.8. The zero-order chi connectivity index (χ0) is 29.4. The van der Waals surface area contributed by atoms with Crippen molar-refractivity contribution in [2.24, 2.45) is 0 Å². The molecule has 4 rings (SSSR count). The highest BCUT2D eigenvalue weighted by molar-refractivity contribution is 6.12. The second-order valence-electron chi connectivity index (χ2n) is 10.3. The molecule has 0 spiro atoms. The molecule has 0 aromatic heterocycles. The maximum absolute atomic E-state index is 13.8. The predicted molar refractivity (Wildman–Crippen MR) is 159 cm³/mol. The minimum Gasteiger partial charge on any atom is -0.487 e. The van der Waals surface area contributed by atoms with Gasteiger partial charge < -0.3 is 19.5 Å². The first-order chi connectivity index (χ1) is 19.7. The maximum Gasteiger partial charge on any atom is 0.254 e. The summed E-state index contributed by atoms with van der Waals surface area (Å²) in [6, 6.07) is 28.5. The van der Waals surface area contributed by atoms with Crippen LogP contribution < -0.4 is 0 Å². The Bertz CT molecular complexity index is 1430. The van der Waals surface area contributed by atoms with Crippen molar-refractivity contribution in [2.75, 3.05) is 6.54 Å². The van der Waals surface area contributed by atoms with Crippen LogP contribution in [0.3, 0.4) is 0 Å². The second kappa shape index (κ2) is 13.2. The minimum absolute atomic E-state index is 0.00298. The Balaban J connectivity index is 1.73. The molecule has 1 atom stereocenters. The molecule has 0 saturated heterocycles. The molecular weight excluding hydrogens is 514 g/mol. The number of hydrogen-bond donors (Lipinski definition) is 1. The lowest BCUT2D eigenvalue weighted by Crippen LogP contribution is -2.52. The Labute approximate surface area is 241 Å². The molecule has 3 aromatic rings. The number of benzene rings is 3. The van der Waals surface area contributed by atoms with Crippen LogP contribution in [-0.2, 0) is 19.1 Å². The number of nitrogens with zero attached hydrogens (tertiary/aromatic N) is 1. The molecule has 0 bridgehead atoms. The fraction of sp³-hybridized carbons (Fsp3) is 0.257. The molecule has 0 radical (unpaired) electrons. The van der Waals surface area contributed by atoms with E-state index in [-0.39, 0.29) is 36.2 Å². The van der Waals surface area contributed by atoms with Crippen LogP contribution in [0.2, 0.25) is 0 Å². The van der Waals surface area contributed by atoms with Crippen molar-refractivity contribution < 1.29 is 24.2 Å². The summed E-state index contributed by atoms with van der Waals surface area (Å²) in [4.78, 5) is 28.4. The third-order valence-corrected chi connectivity index (χ3v) is 6.34. The molecule has 1 amide bonds. The van der Waals surface area contributed by atoms with E-state index in [9.17, 15) is 14.7 Å². The van der Waals surface area contributed by atoms with Crippen LogP contribution in [-0.4, -0.2) is 46.1 Å². The van der Waals surface area contributed by atoms with E-state index in [1.165, 1.54) is 6.08 Å². The lowest BCUT2D eigenvalue weighted by atomic mass is 9.83. The Morgan fingerprint density at radius 3 is 1.88 bits per heavy atom. The number of amides is 1. The fourth-order valence-electron chi connectivity index (χ4n) is 4.50. The monoisotopic (exact) mass is 549 g/mol. The molecule has 0 saturated carbocycles. The van der Waals surface area contributed by atoms with Crippen LogP contribution in [0.5, 0.6) is 0 Å². The number of carbonyl (C=O) groups excluding carboxylic acids is 2. The van der Waals surface area contributed by atoms with Crippen LogP contribution in [0.15, 0.2) is 109 Å². The normalized spacial score (nSPS) is 16.5. The van der Waals surface area contributed by atoms with E-state index in [1.54, 1.807) is 38.7 Å². The number of ketones is 1. The number of Topliss-reactive ketones (excluding diaryl/α,β-unsaturated/α-hetero) is 1. The Morgan fingerprint density at radius 1 is 0.854 bits per heavy atom. The highest BCUT2D eigenvalue weighted by Gasteiger charge is 2.56. The van der Waals surface area contributed by atoms with Gasteiger partial charge in [-0.2, -0.15) is 0 Å². The van der Waals surface area contributed by atoms with Crippen molar-refractivity contribution in [1.82, 2.24) is 4.90 Å². The summed E-state index contributed by atoms with van der Waals surface area (Å²) in [5, 5.41) is 11.2. The molecule has 41 heavy (non-hydrogen) atoms. The third kappa shape index (κ3) is 6.95. The lowest BCUT2D eigenvalue weighted by molar-refractivity contribution is -0.143. The second-order valence-corrected chi connectivity index (χ2v) is 10.3. The molecule has 0 heterocycles. The van der Waals surface area contributed by atoms with E-state index in [0.717, 1.165) is 16.7 Å². The van der Waals surface area contributed by atoms with E-state index in [1.807, 2.05) is 91.0 Å². The SMILES string of the molecule is CC(C)OC1=C(OC(C)C)C(O)(C#CCN(C(=O)/C=C/c2ccccc2)C(c2ccccc2)c2ccccc2)C1=O. The van der Waals surface area contributed by atoms with Crippen molar-refractivity contribution in [3.63, 3.8) is 0 Å². The van der Waals surface area contributed by atoms with Crippen LogP contribution in [0.1, 0.15) is 50.4 Å². The Kier molecular flexibility index (Phi) is 9.44. The van der Waals surface area contributed by atoms with Gasteiger partial charge in [-0.25, -0.2) is 0 Å². The van der Waals surface area contributed by atoms with Crippen molar-refractivity contribution in [2.45, 2.75) is 51.5 Å². The summed E-state index contributed by atoms with van der Waals surface area (Å²) in [7, 11) is 0. The highest BCUT2D eigenvalue weighted by atomic mass is 16.5. The van der Waals surface area contributed by atoms with Gasteiger partial charge in [-0.1, -0.05) is 96.9 Å². The maximum atomic E-state index is 13.8. The molecule has 1 N–H and O–H groups in total. The number of ether oxygens (including phenoxy) is 2. The fourth-order valence-corrected chi connectivity index (χ4v) is 4.50. The summed E-state index contributed by atoms with van der Waals surface area (Å²) in [5.74, 6) is 4.67. The topological polar surface area (TPSA) is 76.1 Å². The molecule has 1 aliphatic carbocycles. The van der Waals surface area contributed by atoms with Gasteiger partial charge in [-0.05, 0) is 56.4 Å². The van der Waals surface area contributed by atoms with Crippen LogP contribution in [0, 0.1) is 11.8 Å². The molecule has 0 fully saturated rings. The van der Waals surface area contributed by atoms with E-state index in [4.69, 9.17) is 9.47 Å². The summed E-state index contributed by atoms with van der Waals surface area (Å²) < 4.78 is 11.4. The number of aliphatic hydroxyl groups is 1. The molecule has 0 aliphatic heterocycles. The standard InChI is InChI=1S/C35H35NO5/c1-25(2)40-32-33(38)35(39,34(32)41-26(3)4)23-14-24-36(30(37)22-21-27-15-8-5-9-16-27)31(28-17-10-6-11-18-28)29-19-12-7-13-20-29/h5-13,15-22,25-26,31,39H,24H2,1-4H3/b22-21+. The van der Waals surface area contributed by atoms with Crippen LogP contribution >= 0.6 is 0 Å². The van der Waals surface area contributed by atoms with Crippen molar-refractivity contribution in [3.8, 4) is 11.8 Å². The van der Waals surface area contributed by atoms with Gasteiger partial charge in [0.05, 0.1) is 24.8 Å². The molecule has 6 heteroatoms. The number of rotatable bonds is 10. The third-order valence-electron chi connectivity index (χ3n) is 6.34. The first-order valence-electron chi connectivity index (χ1n) is 13.7. The average Bonchev–Trinajstić information content (AvgIpc) is 2.98. The lowest BCUT2D eigenvalue weighted by Gasteiger charge is -2.36. The van der Waals surface area contributed by atoms with E-state index in [2.05, 4.69) is 11.8 Å². The molecule has 1 aliphatic rings.